The van der Waals surface area contributed by atoms with Gasteiger partial charge in [-0.25, -0.2) is 9.78 Å². The van der Waals surface area contributed by atoms with Gasteiger partial charge >= 0.3 is 5.97 Å². The Balaban J connectivity index is 1.61. The lowest BCUT2D eigenvalue weighted by molar-refractivity contribution is -0.119. The molecule has 1 N–H and O–H groups in total. The average Bonchev–Trinajstić information content (AvgIpc) is 2.61. The Morgan fingerprint density at radius 1 is 1.08 bits per heavy atom. The molecule has 7 heteroatoms. The van der Waals surface area contributed by atoms with Crippen molar-refractivity contribution in [2.45, 2.75) is 0 Å². The normalized spacial score (nSPS) is 10.5. The minimum Gasteiger partial charge on any atom is -0.452 e. The molecule has 0 aliphatic rings. The van der Waals surface area contributed by atoms with Gasteiger partial charge in [0.1, 0.15) is 5.15 Å². The minimum atomic E-state index is -0.581. The number of carbonyl (C=O) groups is 2. The summed E-state index contributed by atoms with van der Waals surface area (Å²) in [5.41, 5.74) is 1.64. The van der Waals surface area contributed by atoms with E-state index in [1.807, 2.05) is 0 Å². The highest BCUT2D eigenvalue weighted by Gasteiger charge is 2.11. The molecule has 0 spiro atoms. The van der Waals surface area contributed by atoms with Crippen molar-refractivity contribution in [2.24, 2.45) is 0 Å². The summed E-state index contributed by atoms with van der Waals surface area (Å²) in [5, 5.41) is 3.79. The minimum absolute atomic E-state index is 0.341. The number of pyridine rings is 1. The van der Waals surface area contributed by atoms with Gasteiger partial charge in [-0.1, -0.05) is 27.5 Å². The van der Waals surface area contributed by atoms with Crippen molar-refractivity contribution in [1.82, 2.24) is 4.98 Å². The highest BCUT2D eigenvalue weighted by atomic mass is 79.9. The molecule has 0 aliphatic carbocycles. The Hall–Kier alpha value is -2.44. The molecule has 3 rings (SSSR count). The number of halogens is 2. The van der Waals surface area contributed by atoms with Crippen LogP contribution in [0.4, 0.5) is 5.69 Å². The molecule has 2 aromatic carbocycles. The van der Waals surface area contributed by atoms with Gasteiger partial charge < -0.3 is 10.1 Å². The summed E-state index contributed by atoms with van der Waals surface area (Å²) in [6.07, 6.45) is 0. The van der Waals surface area contributed by atoms with Gasteiger partial charge in [0.25, 0.3) is 5.91 Å². The Kier molecular flexibility index (Phi) is 5.31. The topological polar surface area (TPSA) is 68.3 Å². The first-order chi connectivity index (χ1) is 12.0. The van der Waals surface area contributed by atoms with Crippen LogP contribution in [0.25, 0.3) is 10.9 Å². The summed E-state index contributed by atoms with van der Waals surface area (Å²) in [6, 6.07) is 15.4. The maximum atomic E-state index is 12.1. The Bertz CT molecular complexity index is 945. The molecule has 0 bridgehead atoms. The summed E-state index contributed by atoms with van der Waals surface area (Å²) < 4.78 is 5.96. The van der Waals surface area contributed by atoms with E-state index in [9.17, 15) is 9.59 Å². The lowest BCUT2D eigenvalue weighted by atomic mass is 10.1. The standard InChI is InChI=1S/C18H12BrClN2O3/c19-13-3-5-14(6-4-13)21-17(23)10-25-18(24)12-1-7-15-11(9-12)2-8-16(20)22-15/h1-9H,10H2,(H,21,23). The number of esters is 1. The maximum Gasteiger partial charge on any atom is 0.338 e. The first-order valence-corrected chi connectivity index (χ1v) is 8.47. The average molecular weight is 420 g/mol. The zero-order chi connectivity index (χ0) is 17.8. The third kappa shape index (κ3) is 4.55. The van der Waals surface area contributed by atoms with Gasteiger partial charge in [-0.3, -0.25) is 4.79 Å². The number of hydrogen-bond donors (Lipinski definition) is 1. The maximum absolute atomic E-state index is 12.1. The highest BCUT2D eigenvalue weighted by Crippen LogP contribution is 2.18. The van der Waals surface area contributed by atoms with Gasteiger partial charge in [0, 0.05) is 15.5 Å². The van der Waals surface area contributed by atoms with E-state index in [0.29, 0.717) is 21.9 Å². The fraction of sp³-hybridized carbons (Fsp3) is 0.0556. The highest BCUT2D eigenvalue weighted by molar-refractivity contribution is 9.10. The van der Waals surface area contributed by atoms with Crippen LogP contribution in [0.5, 0.6) is 0 Å². The summed E-state index contributed by atoms with van der Waals surface area (Å²) in [4.78, 5) is 28.1. The Morgan fingerprint density at radius 3 is 2.60 bits per heavy atom. The zero-order valence-electron chi connectivity index (χ0n) is 12.8. The van der Waals surface area contributed by atoms with Gasteiger partial charge in [0.05, 0.1) is 11.1 Å². The first kappa shape index (κ1) is 17.4. The quantitative estimate of drug-likeness (QED) is 0.501. The van der Waals surface area contributed by atoms with Crippen LogP contribution >= 0.6 is 27.5 Å². The number of hydrogen-bond acceptors (Lipinski definition) is 4. The summed E-state index contributed by atoms with van der Waals surface area (Å²) in [5.74, 6) is -0.993. The zero-order valence-corrected chi connectivity index (χ0v) is 15.2. The van der Waals surface area contributed by atoms with Crippen LogP contribution in [0.3, 0.4) is 0 Å². The number of carbonyl (C=O) groups excluding carboxylic acids is 2. The third-order valence-corrected chi connectivity index (χ3v) is 4.09. The lowest BCUT2D eigenvalue weighted by Crippen LogP contribution is -2.20. The van der Waals surface area contributed by atoms with Gasteiger partial charge in [-0.2, -0.15) is 0 Å². The molecule has 25 heavy (non-hydrogen) atoms. The number of ether oxygens (including phenoxy) is 1. The van der Waals surface area contributed by atoms with Crippen LogP contribution in [0.1, 0.15) is 10.4 Å². The molecule has 0 radical (unpaired) electrons. The van der Waals surface area contributed by atoms with Crippen molar-refractivity contribution < 1.29 is 14.3 Å². The molecule has 5 nitrogen and oxygen atoms in total. The predicted octanol–water partition coefficient (Wildman–Crippen LogP) is 4.45. The molecule has 0 saturated carbocycles. The SMILES string of the molecule is O=C(COC(=O)c1ccc2nc(Cl)ccc2c1)Nc1ccc(Br)cc1. The molecule has 0 fully saturated rings. The van der Waals surface area contributed by atoms with Crippen molar-refractivity contribution in [3.8, 4) is 0 Å². The van der Waals surface area contributed by atoms with Crippen molar-refractivity contribution in [3.63, 3.8) is 0 Å². The number of fused-ring (bicyclic) bond motifs is 1. The molecule has 126 valence electrons. The van der Waals surface area contributed by atoms with E-state index in [0.717, 1.165) is 9.86 Å². The number of nitrogens with one attached hydrogen (secondary N) is 1. The van der Waals surface area contributed by atoms with Crippen LogP contribution < -0.4 is 5.32 Å². The van der Waals surface area contributed by atoms with Crippen molar-refractivity contribution >= 4 is 56.0 Å². The molecule has 0 unspecified atom stereocenters. The largest absolute Gasteiger partial charge is 0.452 e. The third-order valence-electron chi connectivity index (χ3n) is 3.35. The van der Waals surface area contributed by atoms with Crippen LogP contribution in [0.2, 0.25) is 5.15 Å². The molecule has 0 saturated heterocycles. The number of amides is 1. The van der Waals surface area contributed by atoms with E-state index in [1.54, 1.807) is 54.6 Å². The van der Waals surface area contributed by atoms with E-state index >= 15 is 0 Å². The molecular formula is C18H12BrClN2O3. The molecule has 0 aliphatic heterocycles. The van der Waals surface area contributed by atoms with Crippen LogP contribution in [0.15, 0.2) is 59.1 Å². The second-order valence-corrected chi connectivity index (χ2v) is 6.48. The van der Waals surface area contributed by atoms with Crippen molar-refractivity contribution in [3.05, 3.63) is 69.8 Å². The molecule has 3 aromatic rings. The number of anilines is 1. The van der Waals surface area contributed by atoms with E-state index in [4.69, 9.17) is 16.3 Å². The number of nitrogens with zero attached hydrogens (tertiary/aromatic N) is 1. The van der Waals surface area contributed by atoms with Crippen molar-refractivity contribution in [1.29, 1.82) is 0 Å². The van der Waals surface area contributed by atoms with E-state index < -0.39 is 11.9 Å². The van der Waals surface area contributed by atoms with Gasteiger partial charge in [0.2, 0.25) is 0 Å². The number of rotatable bonds is 4. The molecule has 0 atom stereocenters. The summed E-state index contributed by atoms with van der Waals surface area (Å²) >= 11 is 9.15. The smallest absolute Gasteiger partial charge is 0.338 e. The van der Waals surface area contributed by atoms with Gasteiger partial charge in [-0.05, 0) is 54.6 Å². The van der Waals surface area contributed by atoms with Gasteiger partial charge in [0.15, 0.2) is 6.61 Å². The molecule has 1 aromatic heterocycles. The van der Waals surface area contributed by atoms with Crippen LogP contribution in [0, 0.1) is 0 Å². The molecular weight excluding hydrogens is 408 g/mol. The summed E-state index contributed by atoms with van der Waals surface area (Å²) in [7, 11) is 0. The second kappa shape index (κ2) is 7.63. The number of aromatic nitrogens is 1. The molecule has 1 heterocycles. The van der Waals surface area contributed by atoms with Crippen LogP contribution in [-0.4, -0.2) is 23.5 Å². The monoisotopic (exact) mass is 418 g/mol. The Labute approximate surface area is 157 Å². The number of benzene rings is 2. The predicted molar refractivity (Wildman–Crippen MR) is 99.8 cm³/mol. The van der Waals surface area contributed by atoms with E-state index in [2.05, 4.69) is 26.2 Å². The second-order valence-electron chi connectivity index (χ2n) is 5.17. The van der Waals surface area contributed by atoms with Crippen molar-refractivity contribution in [2.75, 3.05) is 11.9 Å². The fourth-order valence-electron chi connectivity index (χ4n) is 2.17. The van der Waals surface area contributed by atoms with E-state index in [1.165, 1.54) is 0 Å². The van der Waals surface area contributed by atoms with Gasteiger partial charge in [-0.15, -0.1) is 0 Å². The Morgan fingerprint density at radius 2 is 1.84 bits per heavy atom. The first-order valence-electron chi connectivity index (χ1n) is 7.30. The van der Waals surface area contributed by atoms with Crippen LogP contribution in [-0.2, 0) is 9.53 Å². The molecule has 1 amide bonds. The van der Waals surface area contributed by atoms with E-state index in [-0.39, 0.29) is 6.61 Å². The summed E-state index contributed by atoms with van der Waals surface area (Å²) in [6.45, 7) is -0.369. The lowest BCUT2D eigenvalue weighted by Gasteiger charge is -2.07. The fourth-order valence-corrected chi connectivity index (χ4v) is 2.59.